The van der Waals surface area contributed by atoms with Gasteiger partial charge < -0.3 is 9.64 Å². The first-order chi connectivity index (χ1) is 14.0. The van der Waals surface area contributed by atoms with Gasteiger partial charge in [-0.05, 0) is 47.6 Å². The van der Waals surface area contributed by atoms with Gasteiger partial charge in [-0.25, -0.2) is 8.42 Å². The highest BCUT2D eigenvalue weighted by Crippen LogP contribution is 2.42. The van der Waals surface area contributed by atoms with Crippen LogP contribution in [-0.2, 0) is 23.1 Å². The first-order valence-corrected chi connectivity index (χ1v) is 11.7. The van der Waals surface area contributed by atoms with Crippen molar-refractivity contribution in [2.75, 3.05) is 20.2 Å². The maximum absolute atomic E-state index is 13.0. The van der Waals surface area contributed by atoms with Crippen molar-refractivity contribution in [2.24, 2.45) is 5.92 Å². The molecule has 0 radical (unpaired) electrons. The molecule has 0 saturated heterocycles. The Balaban J connectivity index is 1.67. The molecule has 0 N–H and O–H groups in total. The van der Waals surface area contributed by atoms with Crippen molar-refractivity contribution >= 4 is 15.6 Å². The Labute approximate surface area is 172 Å². The molecule has 1 aliphatic carbocycles. The predicted molar refractivity (Wildman–Crippen MR) is 113 cm³/mol. The van der Waals surface area contributed by atoms with Crippen LogP contribution in [-0.4, -0.2) is 37.8 Å². The van der Waals surface area contributed by atoms with Crippen LogP contribution in [0, 0.1) is 5.92 Å². The third kappa shape index (κ3) is 3.24. The van der Waals surface area contributed by atoms with Crippen molar-refractivity contribution in [3.63, 3.8) is 0 Å². The fourth-order valence-electron chi connectivity index (χ4n) is 4.22. The lowest BCUT2D eigenvalue weighted by atomic mass is 9.91. The summed E-state index contributed by atoms with van der Waals surface area (Å²) in [4.78, 5) is 2.56. The molecular weight excluding hydrogens is 384 g/mol. The van der Waals surface area contributed by atoms with E-state index in [0.717, 1.165) is 34.6 Å². The van der Waals surface area contributed by atoms with E-state index in [4.69, 9.17) is 4.74 Å². The molecule has 152 valence electrons. The number of hydrogen-bond donors (Lipinski definition) is 0. The van der Waals surface area contributed by atoms with Crippen molar-refractivity contribution in [1.29, 1.82) is 0 Å². The summed E-state index contributed by atoms with van der Waals surface area (Å²) in [6.45, 7) is 4.30. The Morgan fingerprint density at radius 3 is 2.62 bits per heavy atom. The van der Waals surface area contributed by atoms with E-state index in [-0.39, 0.29) is 0 Å². The van der Waals surface area contributed by atoms with E-state index in [0.29, 0.717) is 30.5 Å². The molecule has 0 spiro atoms. The molecule has 0 bridgehead atoms. The van der Waals surface area contributed by atoms with Gasteiger partial charge in [0.2, 0.25) is 10.0 Å². The monoisotopic (exact) mass is 410 g/mol. The predicted octanol–water partition coefficient (Wildman–Crippen LogP) is 3.83. The Bertz CT molecular complexity index is 1100. The fraction of sp³-hybridized carbons (Fsp3) is 0.391. The number of nitrogens with zero attached hydrogens (tertiary/aromatic N) is 2. The molecule has 29 heavy (non-hydrogen) atoms. The number of ether oxygens (including phenoxy) is 1. The van der Waals surface area contributed by atoms with Crippen LogP contribution in [0.4, 0.5) is 0 Å². The molecule has 5 nitrogen and oxygen atoms in total. The van der Waals surface area contributed by atoms with E-state index in [2.05, 4.69) is 23.2 Å². The highest BCUT2D eigenvalue weighted by atomic mass is 32.2. The average molecular weight is 411 g/mol. The summed E-state index contributed by atoms with van der Waals surface area (Å²) < 4.78 is 33.8. The SMILES string of the molecule is CCN1Cc2cc(OCC3CC3)c(C3=CN(C)Cc4ccccc43)cc2S1(=O)=O. The minimum Gasteiger partial charge on any atom is -0.493 e. The minimum absolute atomic E-state index is 0.416. The number of hydrogen-bond acceptors (Lipinski definition) is 4. The van der Waals surface area contributed by atoms with Gasteiger partial charge in [0.25, 0.3) is 0 Å². The van der Waals surface area contributed by atoms with E-state index in [1.54, 1.807) is 0 Å². The Morgan fingerprint density at radius 2 is 1.86 bits per heavy atom. The standard InChI is InChI=1S/C23H26N2O3S/c1-3-25-13-18-10-22(28-15-16-8-9-16)20(11-23(18)29(25,26)27)21-14-24(2)12-17-6-4-5-7-19(17)21/h4-7,10-11,14,16H,3,8-9,12-13,15H2,1-2H3. The van der Waals surface area contributed by atoms with Crippen LogP contribution >= 0.6 is 0 Å². The lowest BCUT2D eigenvalue weighted by molar-refractivity contribution is 0.298. The van der Waals surface area contributed by atoms with E-state index >= 15 is 0 Å². The Morgan fingerprint density at radius 1 is 1.07 bits per heavy atom. The summed E-state index contributed by atoms with van der Waals surface area (Å²) in [6, 6.07) is 12.1. The summed E-state index contributed by atoms with van der Waals surface area (Å²) in [5, 5.41) is 0. The first kappa shape index (κ1) is 18.7. The van der Waals surface area contributed by atoms with Crippen LogP contribution in [0.5, 0.6) is 5.75 Å². The van der Waals surface area contributed by atoms with E-state index in [1.807, 2.05) is 38.2 Å². The van der Waals surface area contributed by atoms with Crippen LogP contribution in [0.1, 0.15) is 42.0 Å². The normalized spacial score (nSPS) is 20.2. The molecule has 0 amide bonds. The van der Waals surface area contributed by atoms with Crippen LogP contribution in [0.25, 0.3) is 5.57 Å². The Kier molecular flexibility index (Phi) is 4.44. The largest absolute Gasteiger partial charge is 0.493 e. The van der Waals surface area contributed by atoms with Gasteiger partial charge >= 0.3 is 0 Å². The van der Waals surface area contributed by atoms with Crippen molar-refractivity contribution in [3.8, 4) is 5.75 Å². The lowest BCUT2D eigenvalue weighted by Gasteiger charge is -2.27. The third-order valence-corrected chi connectivity index (χ3v) is 8.02. The lowest BCUT2D eigenvalue weighted by Crippen LogP contribution is -2.23. The van der Waals surface area contributed by atoms with Crippen molar-refractivity contribution in [1.82, 2.24) is 9.21 Å². The second-order valence-corrected chi connectivity index (χ2v) is 10.2. The zero-order valence-corrected chi connectivity index (χ0v) is 17.7. The van der Waals surface area contributed by atoms with E-state index in [9.17, 15) is 8.42 Å². The third-order valence-electron chi connectivity index (χ3n) is 6.02. The van der Waals surface area contributed by atoms with Crippen LogP contribution in [0.3, 0.4) is 0 Å². The molecule has 1 saturated carbocycles. The number of rotatable bonds is 5. The fourth-order valence-corrected chi connectivity index (χ4v) is 5.87. The van der Waals surface area contributed by atoms with E-state index < -0.39 is 10.0 Å². The van der Waals surface area contributed by atoms with Gasteiger partial charge in [-0.2, -0.15) is 4.31 Å². The molecule has 2 heterocycles. The first-order valence-electron chi connectivity index (χ1n) is 10.3. The summed E-state index contributed by atoms with van der Waals surface area (Å²) in [5.74, 6) is 1.42. The van der Waals surface area contributed by atoms with Crippen molar-refractivity contribution < 1.29 is 13.2 Å². The van der Waals surface area contributed by atoms with Gasteiger partial charge in [-0.3, -0.25) is 0 Å². The molecule has 5 rings (SSSR count). The zero-order chi connectivity index (χ0) is 20.2. The molecular formula is C23H26N2O3S. The molecule has 0 atom stereocenters. The van der Waals surface area contributed by atoms with Crippen molar-refractivity contribution in [2.45, 2.75) is 37.8 Å². The van der Waals surface area contributed by atoms with Gasteiger partial charge in [0.05, 0.1) is 11.5 Å². The van der Waals surface area contributed by atoms with Crippen LogP contribution in [0.15, 0.2) is 47.5 Å². The minimum atomic E-state index is -3.45. The van der Waals surface area contributed by atoms with Gasteiger partial charge in [-0.15, -0.1) is 0 Å². The molecule has 3 aliphatic rings. The smallest absolute Gasteiger partial charge is 0.243 e. The number of fused-ring (bicyclic) bond motifs is 2. The van der Waals surface area contributed by atoms with Gasteiger partial charge in [0, 0.05) is 44.0 Å². The topological polar surface area (TPSA) is 49.9 Å². The second-order valence-electron chi connectivity index (χ2n) is 8.26. The summed E-state index contributed by atoms with van der Waals surface area (Å²) >= 11 is 0. The molecule has 2 aromatic rings. The molecule has 0 unspecified atom stereocenters. The quantitative estimate of drug-likeness (QED) is 0.752. The highest BCUT2D eigenvalue weighted by Gasteiger charge is 2.36. The Hall–Kier alpha value is -2.31. The maximum atomic E-state index is 13.0. The van der Waals surface area contributed by atoms with Crippen molar-refractivity contribution in [3.05, 3.63) is 64.9 Å². The average Bonchev–Trinajstić information content (AvgIpc) is 3.50. The van der Waals surface area contributed by atoms with Gasteiger partial charge in [0.1, 0.15) is 5.75 Å². The second kappa shape index (κ2) is 6.89. The van der Waals surface area contributed by atoms with E-state index in [1.165, 1.54) is 22.7 Å². The van der Waals surface area contributed by atoms with Gasteiger partial charge in [0.15, 0.2) is 0 Å². The highest BCUT2D eigenvalue weighted by molar-refractivity contribution is 7.89. The summed E-state index contributed by atoms with van der Waals surface area (Å²) in [6.07, 6.45) is 4.53. The van der Waals surface area contributed by atoms with Crippen LogP contribution < -0.4 is 4.74 Å². The number of benzene rings is 2. The molecule has 0 aromatic heterocycles. The maximum Gasteiger partial charge on any atom is 0.243 e. The zero-order valence-electron chi connectivity index (χ0n) is 16.9. The van der Waals surface area contributed by atoms with Crippen LogP contribution in [0.2, 0.25) is 0 Å². The van der Waals surface area contributed by atoms with Gasteiger partial charge in [-0.1, -0.05) is 31.2 Å². The molecule has 2 aromatic carbocycles. The summed E-state index contributed by atoms with van der Waals surface area (Å²) in [7, 11) is -1.40. The number of sulfonamides is 1. The molecule has 1 fully saturated rings. The summed E-state index contributed by atoms with van der Waals surface area (Å²) in [5.41, 5.74) is 5.10. The molecule has 6 heteroatoms. The molecule has 2 aliphatic heterocycles.